The summed E-state index contributed by atoms with van der Waals surface area (Å²) in [4.78, 5) is 3.91. The van der Waals surface area contributed by atoms with Crippen LogP contribution in [-0.4, -0.2) is 27.4 Å². The molecule has 2 aromatic rings. The van der Waals surface area contributed by atoms with Gasteiger partial charge in [-0.05, 0) is 18.9 Å². The van der Waals surface area contributed by atoms with Crippen molar-refractivity contribution in [2.24, 2.45) is 0 Å². The molecule has 0 atom stereocenters. The summed E-state index contributed by atoms with van der Waals surface area (Å²) in [6.07, 6.45) is 5.84. The molecule has 1 aliphatic carbocycles. The van der Waals surface area contributed by atoms with Crippen molar-refractivity contribution in [2.45, 2.75) is 32.0 Å². The van der Waals surface area contributed by atoms with E-state index in [9.17, 15) is 0 Å². The zero-order chi connectivity index (χ0) is 12.9. The lowest BCUT2D eigenvalue weighted by molar-refractivity contribution is 0.287. The predicted molar refractivity (Wildman–Crippen MR) is 71.8 cm³/mol. The monoisotopic (exact) mass is 258 g/mol. The van der Waals surface area contributed by atoms with Crippen LogP contribution in [0.2, 0.25) is 0 Å². The summed E-state index contributed by atoms with van der Waals surface area (Å²) in [6, 6.07) is 8.90. The number of nitrogens with one attached hydrogen (secondary N) is 1. The Morgan fingerprint density at radius 2 is 2.21 bits per heavy atom. The van der Waals surface area contributed by atoms with E-state index in [2.05, 4.69) is 21.5 Å². The minimum Gasteiger partial charge on any atom is -0.491 e. The van der Waals surface area contributed by atoms with Crippen molar-refractivity contribution in [1.29, 1.82) is 0 Å². The molecule has 0 aliphatic heterocycles. The predicted octanol–water partition coefficient (Wildman–Crippen LogP) is 1.61. The Labute approximate surface area is 112 Å². The first kappa shape index (κ1) is 12.2. The molecule has 1 saturated carbocycles. The van der Waals surface area contributed by atoms with Gasteiger partial charge in [-0.1, -0.05) is 18.2 Å². The molecule has 5 heteroatoms. The van der Waals surface area contributed by atoms with Gasteiger partial charge in [-0.15, -0.1) is 0 Å². The number of benzene rings is 1. The summed E-state index contributed by atoms with van der Waals surface area (Å²) in [7, 11) is 0. The van der Waals surface area contributed by atoms with Gasteiger partial charge in [0.1, 0.15) is 25.0 Å². The number of rotatable bonds is 7. The summed E-state index contributed by atoms with van der Waals surface area (Å²) in [5.74, 6) is 0.954. The second-order valence-electron chi connectivity index (χ2n) is 4.77. The maximum Gasteiger partial charge on any atom is 0.137 e. The Hall–Kier alpha value is -1.88. The van der Waals surface area contributed by atoms with Crippen molar-refractivity contribution in [3.63, 3.8) is 0 Å². The molecular formula is C14H18N4O. The number of para-hydroxylation sites is 1. The largest absolute Gasteiger partial charge is 0.491 e. The first-order chi connectivity index (χ1) is 9.42. The molecule has 1 fully saturated rings. The Bertz CT molecular complexity index is 508. The maximum atomic E-state index is 5.83. The number of nitrogens with zero attached hydrogens (tertiary/aromatic N) is 3. The van der Waals surface area contributed by atoms with Gasteiger partial charge in [-0.2, -0.15) is 5.10 Å². The van der Waals surface area contributed by atoms with Gasteiger partial charge in [0.05, 0.1) is 6.54 Å². The van der Waals surface area contributed by atoms with Crippen LogP contribution in [0.4, 0.5) is 0 Å². The van der Waals surface area contributed by atoms with Crippen LogP contribution in [0.1, 0.15) is 18.4 Å². The molecule has 0 amide bonds. The molecule has 1 N–H and O–H groups in total. The summed E-state index contributed by atoms with van der Waals surface area (Å²) in [5, 5.41) is 7.56. The van der Waals surface area contributed by atoms with Crippen LogP contribution < -0.4 is 10.1 Å². The highest BCUT2D eigenvalue weighted by atomic mass is 16.5. The van der Waals surface area contributed by atoms with E-state index >= 15 is 0 Å². The van der Waals surface area contributed by atoms with E-state index in [0.29, 0.717) is 19.2 Å². The van der Waals surface area contributed by atoms with Gasteiger partial charge in [0, 0.05) is 18.2 Å². The van der Waals surface area contributed by atoms with E-state index < -0.39 is 0 Å². The first-order valence-electron chi connectivity index (χ1n) is 6.68. The van der Waals surface area contributed by atoms with Crippen LogP contribution in [0.3, 0.4) is 0 Å². The fourth-order valence-corrected chi connectivity index (χ4v) is 1.93. The van der Waals surface area contributed by atoms with Crippen LogP contribution in [0, 0.1) is 0 Å². The van der Waals surface area contributed by atoms with Crippen LogP contribution in [-0.2, 0) is 13.1 Å². The van der Waals surface area contributed by atoms with Gasteiger partial charge in [0.2, 0.25) is 0 Å². The van der Waals surface area contributed by atoms with Crippen LogP contribution in [0.25, 0.3) is 0 Å². The molecule has 1 aromatic carbocycles. The highest BCUT2D eigenvalue weighted by Gasteiger charge is 2.20. The van der Waals surface area contributed by atoms with Gasteiger partial charge < -0.3 is 10.1 Å². The lowest BCUT2D eigenvalue weighted by atomic mass is 10.2. The zero-order valence-electron chi connectivity index (χ0n) is 10.8. The Kier molecular flexibility index (Phi) is 3.74. The third kappa shape index (κ3) is 3.54. The van der Waals surface area contributed by atoms with Gasteiger partial charge in [-0.25, -0.2) is 9.67 Å². The lowest BCUT2D eigenvalue weighted by Crippen LogP contribution is -2.16. The second-order valence-corrected chi connectivity index (χ2v) is 4.77. The average molecular weight is 258 g/mol. The van der Waals surface area contributed by atoms with Crippen molar-refractivity contribution in [3.05, 3.63) is 42.5 Å². The van der Waals surface area contributed by atoms with Gasteiger partial charge in [0.25, 0.3) is 0 Å². The molecule has 100 valence electrons. The fourth-order valence-electron chi connectivity index (χ4n) is 1.93. The molecule has 1 aromatic heterocycles. The quantitative estimate of drug-likeness (QED) is 0.819. The summed E-state index contributed by atoms with van der Waals surface area (Å²) in [5.41, 5.74) is 1.22. The maximum absolute atomic E-state index is 5.83. The first-order valence-corrected chi connectivity index (χ1v) is 6.68. The Balaban J connectivity index is 1.53. The second kappa shape index (κ2) is 5.84. The van der Waals surface area contributed by atoms with Crippen molar-refractivity contribution < 1.29 is 4.74 Å². The van der Waals surface area contributed by atoms with E-state index in [1.165, 1.54) is 24.7 Å². The third-order valence-electron chi connectivity index (χ3n) is 3.18. The van der Waals surface area contributed by atoms with Gasteiger partial charge in [-0.3, -0.25) is 0 Å². The van der Waals surface area contributed by atoms with Crippen molar-refractivity contribution in [1.82, 2.24) is 20.1 Å². The van der Waals surface area contributed by atoms with Gasteiger partial charge >= 0.3 is 0 Å². The van der Waals surface area contributed by atoms with E-state index in [1.54, 1.807) is 11.0 Å². The Morgan fingerprint density at radius 3 is 3.00 bits per heavy atom. The molecule has 0 saturated heterocycles. The SMILES string of the molecule is c1ccc(OCCn2cncn2)c(CNC2CC2)c1. The number of ether oxygens (including phenoxy) is 1. The van der Waals surface area contributed by atoms with Crippen LogP contribution in [0.15, 0.2) is 36.9 Å². The molecule has 5 nitrogen and oxygen atoms in total. The molecule has 0 unspecified atom stereocenters. The van der Waals surface area contributed by atoms with Crippen molar-refractivity contribution in [2.75, 3.05) is 6.61 Å². The molecule has 1 aliphatic rings. The average Bonchev–Trinajstić information content (AvgIpc) is 3.13. The molecule has 19 heavy (non-hydrogen) atoms. The molecule has 0 radical (unpaired) electrons. The normalized spacial score (nSPS) is 14.5. The fraction of sp³-hybridized carbons (Fsp3) is 0.429. The van der Waals surface area contributed by atoms with Gasteiger partial charge in [0.15, 0.2) is 0 Å². The van der Waals surface area contributed by atoms with Crippen LogP contribution in [0.5, 0.6) is 5.75 Å². The lowest BCUT2D eigenvalue weighted by Gasteiger charge is -2.11. The smallest absolute Gasteiger partial charge is 0.137 e. The highest BCUT2D eigenvalue weighted by molar-refractivity contribution is 5.33. The van der Waals surface area contributed by atoms with E-state index in [-0.39, 0.29) is 0 Å². The molecular weight excluding hydrogens is 240 g/mol. The topological polar surface area (TPSA) is 52.0 Å². The number of hydrogen-bond acceptors (Lipinski definition) is 4. The third-order valence-corrected chi connectivity index (χ3v) is 3.18. The van der Waals surface area contributed by atoms with E-state index in [4.69, 9.17) is 4.74 Å². The molecule has 1 heterocycles. The van der Waals surface area contributed by atoms with E-state index in [0.717, 1.165) is 12.3 Å². The number of aromatic nitrogens is 3. The van der Waals surface area contributed by atoms with Crippen molar-refractivity contribution in [3.8, 4) is 5.75 Å². The number of hydrogen-bond donors (Lipinski definition) is 1. The van der Waals surface area contributed by atoms with E-state index in [1.807, 2.05) is 18.2 Å². The summed E-state index contributed by atoms with van der Waals surface area (Å²) >= 11 is 0. The minimum atomic E-state index is 0.601. The Morgan fingerprint density at radius 1 is 1.32 bits per heavy atom. The molecule has 0 bridgehead atoms. The zero-order valence-corrected chi connectivity index (χ0v) is 10.8. The molecule has 0 spiro atoms. The highest BCUT2D eigenvalue weighted by Crippen LogP contribution is 2.22. The standard InChI is InChI=1S/C14H18N4O/c1-2-4-14(12(3-1)9-16-13-5-6-13)19-8-7-18-11-15-10-17-18/h1-4,10-11,13,16H,5-9H2. The minimum absolute atomic E-state index is 0.601. The summed E-state index contributed by atoms with van der Waals surface area (Å²) in [6.45, 7) is 2.19. The molecule has 3 rings (SSSR count). The summed E-state index contributed by atoms with van der Waals surface area (Å²) < 4.78 is 7.60. The van der Waals surface area contributed by atoms with Crippen molar-refractivity contribution >= 4 is 0 Å². The van der Waals surface area contributed by atoms with Crippen LogP contribution >= 0.6 is 0 Å².